The maximum absolute atomic E-state index is 11.7. The van der Waals surface area contributed by atoms with E-state index >= 15 is 0 Å². The fourth-order valence-electron chi connectivity index (χ4n) is 3.43. The van der Waals surface area contributed by atoms with Crippen molar-refractivity contribution in [1.82, 2.24) is 10.2 Å². The Morgan fingerprint density at radius 2 is 1.89 bits per heavy atom. The number of piperidine rings is 2. The molecule has 0 bridgehead atoms. The summed E-state index contributed by atoms with van der Waals surface area (Å²) < 4.78 is 5.13. The number of nitrogens with zero attached hydrogens (tertiary/aromatic N) is 1. The van der Waals surface area contributed by atoms with Gasteiger partial charge in [-0.1, -0.05) is 0 Å². The van der Waals surface area contributed by atoms with Crippen LogP contribution in [0.5, 0.6) is 0 Å². The molecule has 2 saturated heterocycles. The van der Waals surface area contributed by atoms with E-state index in [1.807, 2.05) is 6.92 Å². The van der Waals surface area contributed by atoms with Crippen LogP contribution in [0.2, 0.25) is 0 Å². The van der Waals surface area contributed by atoms with Crippen LogP contribution in [0.4, 0.5) is 0 Å². The van der Waals surface area contributed by atoms with Crippen molar-refractivity contribution in [2.24, 2.45) is 11.8 Å². The summed E-state index contributed by atoms with van der Waals surface area (Å²) >= 11 is 0. The van der Waals surface area contributed by atoms with Crippen LogP contribution in [0, 0.1) is 11.8 Å². The molecule has 0 amide bonds. The maximum atomic E-state index is 11.7. The smallest absolute Gasteiger partial charge is 0.309 e. The van der Waals surface area contributed by atoms with Crippen molar-refractivity contribution >= 4 is 5.97 Å². The van der Waals surface area contributed by atoms with E-state index in [9.17, 15) is 4.79 Å². The highest BCUT2D eigenvalue weighted by Crippen LogP contribution is 2.26. The number of esters is 1. The van der Waals surface area contributed by atoms with Crippen LogP contribution < -0.4 is 5.32 Å². The van der Waals surface area contributed by atoms with Gasteiger partial charge in [0.2, 0.25) is 0 Å². The highest BCUT2D eigenvalue weighted by molar-refractivity contribution is 5.72. The van der Waals surface area contributed by atoms with Crippen LogP contribution >= 0.6 is 0 Å². The number of likely N-dealkylation sites (tertiary alicyclic amines) is 1. The second-order valence-corrected chi connectivity index (χ2v) is 5.89. The van der Waals surface area contributed by atoms with Crippen molar-refractivity contribution < 1.29 is 9.53 Å². The number of hydrogen-bond acceptors (Lipinski definition) is 4. The molecule has 2 aliphatic heterocycles. The van der Waals surface area contributed by atoms with E-state index in [0.29, 0.717) is 12.6 Å². The van der Waals surface area contributed by atoms with Crippen LogP contribution in [0.15, 0.2) is 0 Å². The molecule has 0 spiro atoms. The third-order valence-electron chi connectivity index (χ3n) is 4.79. The SMILES string of the molecule is CCOC(=O)C1CCN(C(C)C2CCNCC2)CC1. The Labute approximate surface area is 116 Å². The van der Waals surface area contributed by atoms with Crippen molar-refractivity contribution in [2.75, 3.05) is 32.8 Å². The third-order valence-corrected chi connectivity index (χ3v) is 4.79. The molecule has 2 heterocycles. The first-order valence-corrected chi connectivity index (χ1v) is 7.83. The van der Waals surface area contributed by atoms with Crippen molar-refractivity contribution in [2.45, 2.75) is 45.6 Å². The quantitative estimate of drug-likeness (QED) is 0.787. The molecule has 0 saturated carbocycles. The van der Waals surface area contributed by atoms with Gasteiger partial charge in [-0.05, 0) is 71.6 Å². The van der Waals surface area contributed by atoms with Gasteiger partial charge in [-0.15, -0.1) is 0 Å². The van der Waals surface area contributed by atoms with Crippen LogP contribution in [-0.2, 0) is 9.53 Å². The summed E-state index contributed by atoms with van der Waals surface area (Å²) in [5.74, 6) is 0.966. The number of hydrogen-bond donors (Lipinski definition) is 1. The molecule has 4 heteroatoms. The van der Waals surface area contributed by atoms with Crippen molar-refractivity contribution in [3.8, 4) is 0 Å². The largest absolute Gasteiger partial charge is 0.466 e. The molecule has 2 fully saturated rings. The predicted molar refractivity (Wildman–Crippen MR) is 76.0 cm³/mol. The summed E-state index contributed by atoms with van der Waals surface area (Å²) in [6.07, 6.45) is 4.51. The maximum Gasteiger partial charge on any atom is 0.309 e. The first-order chi connectivity index (χ1) is 9.22. The summed E-state index contributed by atoms with van der Waals surface area (Å²) in [5.41, 5.74) is 0. The van der Waals surface area contributed by atoms with Gasteiger partial charge in [-0.2, -0.15) is 0 Å². The van der Waals surface area contributed by atoms with Gasteiger partial charge in [0.05, 0.1) is 12.5 Å². The average Bonchev–Trinajstić information content (AvgIpc) is 2.48. The van der Waals surface area contributed by atoms with Crippen LogP contribution in [0.25, 0.3) is 0 Å². The molecule has 1 N–H and O–H groups in total. The van der Waals surface area contributed by atoms with E-state index in [1.54, 1.807) is 0 Å². The summed E-state index contributed by atoms with van der Waals surface area (Å²) in [4.78, 5) is 14.3. The lowest BCUT2D eigenvalue weighted by atomic mass is 9.88. The normalized spacial score (nSPS) is 25.2. The Hall–Kier alpha value is -0.610. The van der Waals surface area contributed by atoms with E-state index in [-0.39, 0.29) is 11.9 Å². The van der Waals surface area contributed by atoms with Gasteiger partial charge in [0.1, 0.15) is 0 Å². The van der Waals surface area contributed by atoms with Crippen molar-refractivity contribution in [1.29, 1.82) is 0 Å². The van der Waals surface area contributed by atoms with Gasteiger partial charge in [-0.25, -0.2) is 0 Å². The van der Waals surface area contributed by atoms with Crippen LogP contribution in [0.1, 0.15) is 39.5 Å². The second-order valence-electron chi connectivity index (χ2n) is 5.89. The zero-order chi connectivity index (χ0) is 13.7. The summed E-state index contributed by atoms with van der Waals surface area (Å²) in [6.45, 7) is 9.17. The fraction of sp³-hybridized carbons (Fsp3) is 0.933. The predicted octanol–water partition coefficient (Wildman–Crippen LogP) is 1.65. The molecule has 110 valence electrons. The summed E-state index contributed by atoms with van der Waals surface area (Å²) in [5, 5.41) is 3.43. The molecule has 1 unspecified atom stereocenters. The Morgan fingerprint density at radius 1 is 1.26 bits per heavy atom. The number of ether oxygens (including phenoxy) is 1. The molecule has 1 atom stereocenters. The Kier molecular flexibility index (Phi) is 5.64. The highest BCUT2D eigenvalue weighted by Gasteiger charge is 2.31. The molecule has 2 rings (SSSR count). The molecular formula is C15H28N2O2. The van der Waals surface area contributed by atoms with E-state index in [1.165, 1.54) is 12.8 Å². The molecule has 0 aliphatic carbocycles. The minimum atomic E-state index is 0.0108. The van der Waals surface area contributed by atoms with Gasteiger partial charge < -0.3 is 15.0 Å². The van der Waals surface area contributed by atoms with E-state index < -0.39 is 0 Å². The average molecular weight is 268 g/mol. The van der Waals surface area contributed by atoms with Crippen LogP contribution in [0.3, 0.4) is 0 Å². The molecule has 2 aliphatic rings. The zero-order valence-electron chi connectivity index (χ0n) is 12.4. The van der Waals surface area contributed by atoms with Gasteiger partial charge >= 0.3 is 5.97 Å². The molecule has 0 aromatic carbocycles. The molecule has 0 aromatic heterocycles. The molecule has 0 aromatic rings. The molecule has 19 heavy (non-hydrogen) atoms. The Balaban J connectivity index is 1.77. The van der Waals surface area contributed by atoms with Gasteiger partial charge in [-0.3, -0.25) is 4.79 Å². The zero-order valence-corrected chi connectivity index (χ0v) is 12.4. The second kappa shape index (κ2) is 7.25. The number of rotatable bonds is 4. The molecular weight excluding hydrogens is 240 g/mol. The number of carbonyl (C=O) groups is 1. The van der Waals surface area contributed by atoms with E-state index in [4.69, 9.17) is 4.74 Å². The van der Waals surface area contributed by atoms with Gasteiger partial charge in [0, 0.05) is 6.04 Å². The number of carbonyl (C=O) groups excluding carboxylic acids is 1. The lowest BCUT2D eigenvalue weighted by Crippen LogP contribution is -2.47. The van der Waals surface area contributed by atoms with E-state index in [2.05, 4.69) is 17.1 Å². The van der Waals surface area contributed by atoms with Gasteiger partial charge in [0.25, 0.3) is 0 Å². The fourth-order valence-corrected chi connectivity index (χ4v) is 3.43. The van der Waals surface area contributed by atoms with Crippen molar-refractivity contribution in [3.63, 3.8) is 0 Å². The minimum Gasteiger partial charge on any atom is -0.466 e. The van der Waals surface area contributed by atoms with Gasteiger partial charge in [0.15, 0.2) is 0 Å². The third kappa shape index (κ3) is 3.93. The topological polar surface area (TPSA) is 41.6 Å². The lowest BCUT2D eigenvalue weighted by Gasteiger charge is -2.40. The Bertz CT molecular complexity index is 282. The molecule has 0 radical (unpaired) electrons. The Morgan fingerprint density at radius 3 is 2.47 bits per heavy atom. The van der Waals surface area contributed by atoms with Crippen molar-refractivity contribution in [3.05, 3.63) is 0 Å². The van der Waals surface area contributed by atoms with E-state index in [0.717, 1.165) is 44.9 Å². The first-order valence-electron chi connectivity index (χ1n) is 7.83. The lowest BCUT2D eigenvalue weighted by molar-refractivity contribution is -0.149. The minimum absolute atomic E-state index is 0.0108. The highest BCUT2D eigenvalue weighted by atomic mass is 16.5. The molecule has 4 nitrogen and oxygen atoms in total. The summed E-state index contributed by atoms with van der Waals surface area (Å²) in [7, 11) is 0. The van der Waals surface area contributed by atoms with Crippen LogP contribution in [-0.4, -0.2) is 49.7 Å². The first kappa shape index (κ1) is 14.8. The standard InChI is InChI=1S/C15H28N2O2/c1-3-19-15(18)14-6-10-17(11-7-14)12(2)13-4-8-16-9-5-13/h12-14,16H,3-11H2,1-2H3. The monoisotopic (exact) mass is 268 g/mol. The number of nitrogens with one attached hydrogen (secondary N) is 1. The summed E-state index contributed by atoms with van der Waals surface area (Å²) in [6, 6.07) is 0.658.